The van der Waals surface area contributed by atoms with E-state index < -0.39 is 0 Å². The molecule has 3 rings (SSSR count). The summed E-state index contributed by atoms with van der Waals surface area (Å²) >= 11 is 0. The second kappa shape index (κ2) is 6.40. The van der Waals surface area contributed by atoms with Crippen LogP contribution in [0.2, 0.25) is 0 Å². The molecule has 0 atom stereocenters. The van der Waals surface area contributed by atoms with E-state index in [-0.39, 0.29) is 11.7 Å². The zero-order valence-electron chi connectivity index (χ0n) is 12.6. The van der Waals surface area contributed by atoms with Crippen LogP contribution in [0, 0.1) is 12.7 Å². The van der Waals surface area contributed by atoms with Gasteiger partial charge in [-0.25, -0.2) is 4.39 Å². The Hall–Kier alpha value is -3.01. The molecule has 0 aliphatic carbocycles. The number of hydrogen-bond donors (Lipinski definition) is 1. The Morgan fingerprint density at radius 3 is 2.48 bits per heavy atom. The highest BCUT2D eigenvalue weighted by atomic mass is 19.1. The van der Waals surface area contributed by atoms with Crippen LogP contribution < -0.4 is 5.32 Å². The second-order valence-corrected chi connectivity index (χ2v) is 5.22. The molecule has 0 radical (unpaired) electrons. The van der Waals surface area contributed by atoms with E-state index in [1.807, 2.05) is 30.3 Å². The average Bonchev–Trinajstić information content (AvgIpc) is 2.59. The fraction of sp³-hybridized carbons (Fsp3) is 0.0526. The molecule has 0 aliphatic rings. The number of pyridine rings is 1. The number of amides is 1. The molecule has 3 nitrogen and oxygen atoms in total. The van der Waals surface area contributed by atoms with Crippen LogP contribution in [0.1, 0.15) is 15.9 Å². The van der Waals surface area contributed by atoms with Crippen molar-refractivity contribution in [2.45, 2.75) is 6.92 Å². The van der Waals surface area contributed by atoms with Gasteiger partial charge in [0.2, 0.25) is 0 Å². The van der Waals surface area contributed by atoms with Gasteiger partial charge in [-0.1, -0.05) is 36.4 Å². The number of anilines is 1. The molecule has 1 amide bonds. The third-order valence-corrected chi connectivity index (χ3v) is 3.52. The van der Waals surface area contributed by atoms with Gasteiger partial charge in [-0.15, -0.1) is 0 Å². The molecule has 0 saturated heterocycles. The Balaban J connectivity index is 1.76. The standard InChI is InChI=1S/C19H15FN2O/c1-13-7-9-16(11-17(13)20)22-19(23)15-8-10-18(21-12-15)14-5-3-2-4-6-14/h2-12H,1H3,(H,22,23). The number of aryl methyl sites for hydroxylation is 1. The van der Waals surface area contributed by atoms with Crippen LogP contribution >= 0.6 is 0 Å². The summed E-state index contributed by atoms with van der Waals surface area (Å²) in [5, 5.41) is 2.67. The molecule has 4 heteroatoms. The number of carbonyl (C=O) groups excluding carboxylic acids is 1. The summed E-state index contributed by atoms with van der Waals surface area (Å²) < 4.78 is 13.5. The van der Waals surface area contributed by atoms with E-state index in [1.54, 1.807) is 31.2 Å². The molecule has 1 aromatic heterocycles. The zero-order chi connectivity index (χ0) is 16.2. The molecule has 3 aromatic rings. The third kappa shape index (κ3) is 3.43. The zero-order valence-corrected chi connectivity index (χ0v) is 12.6. The van der Waals surface area contributed by atoms with Crippen molar-refractivity contribution in [2.24, 2.45) is 0 Å². The number of benzene rings is 2. The Morgan fingerprint density at radius 2 is 1.83 bits per heavy atom. The Kier molecular flexibility index (Phi) is 4.15. The first kappa shape index (κ1) is 14.9. The number of aromatic nitrogens is 1. The molecule has 0 bridgehead atoms. The molecular formula is C19H15FN2O. The van der Waals surface area contributed by atoms with E-state index in [0.29, 0.717) is 16.8 Å². The fourth-order valence-electron chi connectivity index (χ4n) is 2.18. The van der Waals surface area contributed by atoms with Crippen LogP contribution in [0.3, 0.4) is 0 Å². The molecular weight excluding hydrogens is 291 g/mol. The monoisotopic (exact) mass is 306 g/mol. The number of nitrogens with zero attached hydrogens (tertiary/aromatic N) is 1. The van der Waals surface area contributed by atoms with E-state index in [9.17, 15) is 9.18 Å². The van der Waals surface area contributed by atoms with Crippen LogP contribution in [0.5, 0.6) is 0 Å². The minimum atomic E-state index is -0.347. The lowest BCUT2D eigenvalue weighted by Crippen LogP contribution is -2.12. The van der Waals surface area contributed by atoms with Crippen LogP contribution in [0.25, 0.3) is 11.3 Å². The van der Waals surface area contributed by atoms with E-state index in [4.69, 9.17) is 0 Å². The molecule has 23 heavy (non-hydrogen) atoms. The summed E-state index contributed by atoms with van der Waals surface area (Å²) in [4.78, 5) is 16.5. The molecule has 0 fully saturated rings. The van der Waals surface area contributed by atoms with E-state index in [2.05, 4.69) is 10.3 Å². The summed E-state index contributed by atoms with van der Waals surface area (Å²) in [5.74, 6) is -0.666. The van der Waals surface area contributed by atoms with Crippen LogP contribution in [-0.2, 0) is 0 Å². The summed E-state index contributed by atoms with van der Waals surface area (Å²) in [5.41, 5.74) is 3.16. The highest BCUT2D eigenvalue weighted by Crippen LogP contribution is 2.18. The SMILES string of the molecule is Cc1ccc(NC(=O)c2ccc(-c3ccccc3)nc2)cc1F. The minimum Gasteiger partial charge on any atom is -0.322 e. The van der Waals surface area contributed by atoms with Crippen molar-refractivity contribution in [1.82, 2.24) is 4.98 Å². The van der Waals surface area contributed by atoms with Crippen LogP contribution in [0.15, 0.2) is 66.9 Å². The molecule has 1 heterocycles. The third-order valence-electron chi connectivity index (χ3n) is 3.52. The van der Waals surface area contributed by atoms with E-state index in [0.717, 1.165) is 11.3 Å². The predicted octanol–water partition coefficient (Wildman–Crippen LogP) is 4.45. The predicted molar refractivity (Wildman–Crippen MR) is 88.8 cm³/mol. The van der Waals surface area contributed by atoms with Gasteiger partial charge in [-0.3, -0.25) is 9.78 Å². The quantitative estimate of drug-likeness (QED) is 0.777. The van der Waals surface area contributed by atoms with Crippen molar-refractivity contribution < 1.29 is 9.18 Å². The van der Waals surface area contributed by atoms with Gasteiger partial charge in [-0.2, -0.15) is 0 Å². The highest BCUT2D eigenvalue weighted by molar-refractivity contribution is 6.04. The van der Waals surface area contributed by atoms with Crippen LogP contribution in [-0.4, -0.2) is 10.9 Å². The lowest BCUT2D eigenvalue weighted by atomic mass is 10.1. The van der Waals surface area contributed by atoms with Crippen LogP contribution in [0.4, 0.5) is 10.1 Å². The maximum absolute atomic E-state index is 13.5. The average molecular weight is 306 g/mol. The molecule has 114 valence electrons. The lowest BCUT2D eigenvalue weighted by molar-refractivity contribution is 0.102. The normalized spacial score (nSPS) is 10.3. The van der Waals surface area contributed by atoms with Gasteiger partial charge in [0.05, 0.1) is 11.3 Å². The topological polar surface area (TPSA) is 42.0 Å². The van der Waals surface area contributed by atoms with Gasteiger partial charge in [0.1, 0.15) is 5.82 Å². The molecule has 0 unspecified atom stereocenters. The van der Waals surface area contributed by atoms with Gasteiger partial charge in [-0.05, 0) is 36.8 Å². The number of hydrogen-bond acceptors (Lipinski definition) is 2. The largest absolute Gasteiger partial charge is 0.322 e. The highest BCUT2D eigenvalue weighted by Gasteiger charge is 2.08. The lowest BCUT2D eigenvalue weighted by Gasteiger charge is -2.07. The summed E-state index contributed by atoms with van der Waals surface area (Å²) in [6.45, 7) is 1.67. The Bertz CT molecular complexity index is 830. The summed E-state index contributed by atoms with van der Waals surface area (Å²) in [6, 6.07) is 17.8. The number of halogens is 1. The van der Waals surface area contributed by atoms with Gasteiger partial charge in [0.15, 0.2) is 0 Å². The van der Waals surface area contributed by atoms with Crippen molar-refractivity contribution in [2.75, 3.05) is 5.32 Å². The maximum atomic E-state index is 13.5. The minimum absolute atomic E-state index is 0.319. The van der Waals surface area contributed by atoms with Crippen molar-refractivity contribution in [3.05, 3.63) is 83.8 Å². The Labute approximate surface area is 133 Å². The van der Waals surface area contributed by atoms with Crippen molar-refractivity contribution in [1.29, 1.82) is 0 Å². The maximum Gasteiger partial charge on any atom is 0.257 e. The summed E-state index contributed by atoms with van der Waals surface area (Å²) in [6.07, 6.45) is 1.52. The number of carbonyl (C=O) groups is 1. The molecule has 2 aromatic carbocycles. The Morgan fingerprint density at radius 1 is 1.04 bits per heavy atom. The molecule has 0 spiro atoms. The van der Waals surface area contributed by atoms with Gasteiger partial charge in [0, 0.05) is 17.4 Å². The smallest absolute Gasteiger partial charge is 0.257 e. The first-order valence-electron chi connectivity index (χ1n) is 7.22. The molecule has 0 saturated carbocycles. The van der Waals surface area contributed by atoms with Crippen molar-refractivity contribution >= 4 is 11.6 Å². The fourth-order valence-corrected chi connectivity index (χ4v) is 2.18. The van der Waals surface area contributed by atoms with E-state index >= 15 is 0 Å². The molecule has 1 N–H and O–H groups in total. The van der Waals surface area contributed by atoms with Gasteiger partial charge in [0.25, 0.3) is 5.91 Å². The first-order chi connectivity index (χ1) is 11.1. The van der Waals surface area contributed by atoms with Gasteiger partial charge < -0.3 is 5.32 Å². The van der Waals surface area contributed by atoms with Crippen molar-refractivity contribution in [3.63, 3.8) is 0 Å². The van der Waals surface area contributed by atoms with Crippen molar-refractivity contribution in [3.8, 4) is 11.3 Å². The molecule has 0 aliphatic heterocycles. The second-order valence-electron chi connectivity index (χ2n) is 5.22. The van der Waals surface area contributed by atoms with E-state index in [1.165, 1.54) is 12.3 Å². The summed E-state index contributed by atoms with van der Waals surface area (Å²) in [7, 11) is 0. The first-order valence-corrected chi connectivity index (χ1v) is 7.22. The van der Waals surface area contributed by atoms with Gasteiger partial charge >= 0.3 is 0 Å². The number of rotatable bonds is 3. The number of nitrogens with one attached hydrogen (secondary N) is 1.